The standard InChI is InChI=1S/C30H44N8O10S2/c1-3-14(2)24-29(46)34-18(8-9-22(32)40)26(43)36-20(11-23(33)41)27(44)37-21(30(47)48)13-50-49-12-17(31)25(42)35-19(28(45)38-24)10-15-4-6-16(39)7-5-15/h4-7,14,17-21,24,39H,3,8-13,31H2,1-2H3,(H2,32,40)(H2,33,41)(H,34,46)(H,35,42)(H,36,43)(H,37,44)(H,38,45)(H,47,48). The van der Waals surface area contributed by atoms with Crippen molar-refractivity contribution in [3.8, 4) is 5.75 Å². The van der Waals surface area contributed by atoms with Crippen LogP contribution in [0.25, 0.3) is 0 Å². The number of aliphatic carboxylic acids is 1. The lowest BCUT2D eigenvalue weighted by Gasteiger charge is -2.29. The maximum atomic E-state index is 13.7. The number of amides is 7. The summed E-state index contributed by atoms with van der Waals surface area (Å²) in [6.07, 6.45) is -1.16. The van der Waals surface area contributed by atoms with Gasteiger partial charge in [-0.25, -0.2) is 4.79 Å². The second-order valence-corrected chi connectivity index (χ2v) is 14.2. The summed E-state index contributed by atoms with van der Waals surface area (Å²) in [4.78, 5) is 103. The molecule has 0 aliphatic carbocycles. The molecule has 1 aromatic carbocycles. The van der Waals surface area contributed by atoms with Crippen molar-refractivity contribution in [2.45, 2.75) is 82.2 Å². The van der Waals surface area contributed by atoms with Crippen molar-refractivity contribution in [3.63, 3.8) is 0 Å². The number of carbonyl (C=O) groups is 8. The molecule has 7 atom stereocenters. The summed E-state index contributed by atoms with van der Waals surface area (Å²) in [5.74, 6) is -8.51. The number of rotatable bonds is 10. The number of aromatic hydroxyl groups is 1. The van der Waals surface area contributed by atoms with Crippen LogP contribution in [-0.2, 0) is 44.8 Å². The van der Waals surface area contributed by atoms with E-state index in [0.717, 1.165) is 21.6 Å². The van der Waals surface area contributed by atoms with Gasteiger partial charge in [-0.1, -0.05) is 54.0 Å². The van der Waals surface area contributed by atoms with Gasteiger partial charge in [0.1, 0.15) is 36.0 Å². The van der Waals surface area contributed by atoms with Crippen molar-refractivity contribution in [1.82, 2.24) is 26.6 Å². The lowest BCUT2D eigenvalue weighted by molar-refractivity contribution is -0.141. The molecule has 50 heavy (non-hydrogen) atoms. The summed E-state index contributed by atoms with van der Waals surface area (Å²) in [5.41, 5.74) is 17.2. The Balaban J connectivity index is 2.55. The molecule has 0 saturated carbocycles. The molecule has 0 radical (unpaired) electrons. The predicted octanol–water partition coefficient (Wildman–Crippen LogP) is -2.65. The van der Waals surface area contributed by atoms with Gasteiger partial charge in [0, 0.05) is 24.3 Å². The van der Waals surface area contributed by atoms with E-state index in [-0.39, 0.29) is 36.5 Å². The van der Waals surface area contributed by atoms with E-state index in [1.165, 1.54) is 12.1 Å². The van der Waals surface area contributed by atoms with Crippen LogP contribution in [0.15, 0.2) is 24.3 Å². The Morgan fingerprint density at radius 2 is 1.36 bits per heavy atom. The summed E-state index contributed by atoms with van der Waals surface area (Å²) in [7, 11) is 2.00. The normalized spacial score (nSPS) is 25.5. The Morgan fingerprint density at radius 1 is 0.800 bits per heavy atom. The van der Waals surface area contributed by atoms with Crippen molar-refractivity contribution in [2.75, 3.05) is 11.5 Å². The topological polar surface area (TPSA) is 315 Å². The molecule has 7 amide bonds. The maximum absolute atomic E-state index is 13.7. The molecule has 0 spiro atoms. The van der Waals surface area contributed by atoms with Crippen molar-refractivity contribution < 1.29 is 48.6 Å². The highest BCUT2D eigenvalue weighted by molar-refractivity contribution is 8.76. The van der Waals surface area contributed by atoms with E-state index in [4.69, 9.17) is 17.2 Å². The average Bonchev–Trinajstić information content (AvgIpc) is 3.05. The predicted molar refractivity (Wildman–Crippen MR) is 184 cm³/mol. The molecule has 1 saturated heterocycles. The van der Waals surface area contributed by atoms with Crippen LogP contribution in [0.5, 0.6) is 5.75 Å². The number of phenols is 1. The second kappa shape index (κ2) is 20.2. The minimum absolute atomic E-state index is 0.0240. The second-order valence-electron chi connectivity index (χ2n) is 11.7. The van der Waals surface area contributed by atoms with Crippen LogP contribution < -0.4 is 43.8 Å². The number of carboxylic acid groups (broad SMARTS) is 1. The van der Waals surface area contributed by atoms with Crippen LogP contribution in [-0.4, -0.2) is 105 Å². The molecule has 276 valence electrons. The summed E-state index contributed by atoms with van der Waals surface area (Å²) in [6.45, 7) is 3.41. The first-order valence-corrected chi connectivity index (χ1v) is 18.1. The van der Waals surface area contributed by atoms with Gasteiger partial charge in [-0.15, -0.1) is 0 Å². The lowest BCUT2D eigenvalue weighted by Crippen LogP contribution is -2.61. The van der Waals surface area contributed by atoms with Crippen molar-refractivity contribution in [3.05, 3.63) is 29.8 Å². The van der Waals surface area contributed by atoms with E-state index in [2.05, 4.69) is 26.6 Å². The van der Waals surface area contributed by atoms with Crippen LogP contribution in [0.1, 0.15) is 45.1 Å². The van der Waals surface area contributed by atoms with Crippen molar-refractivity contribution in [2.24, 2.45) is 23.1 Å². The zero-order chi connectivity index (χ0) is 37.5. The molecule has 0 aromatic heterocycles. The third-order valence-corrected chi connectivity index (χ3v) is 10.1. The third kappa shape index (κ3) is 13.7. The Labute approximate surface area is 295 Å². The molecular weight excluding hydrogens is 697 g/mol. The number of nitrogens with two attached hydrogens (primary N) is 3. The molecule has 1 aromatic rings. The number of phenolic OH excluding ortho intramolecular Hbond substituents is 1. The average molecular weight is 741 g/mol. The SMILES string of the molecule is CCC(C)C1NC(=O)C(Cc2ccc(O)cc2)NC(=O)C(N)CSSCC(C(=O)O)NC(=O)C(CC(N)=O)NC(=O)C(CCC(N)=O)NC1=O. The van der Waals surface area contributed by atoms with Gasteiger partial charge in [-0.05, 0) is 30.0 Å². The molecule has 2 rings (SSSR count). The Bertz CT molecular complexity index is 1420. The maximum Gasteiger partial charge on any atom is 0.327 e. The molecule has 1 aliphatic rings. The van der Waals surface area contributed by atoms with Gasteiger partial charge < -0.3 is 54.0 Å². The fraction of sp³-hybridized carbons (Fsp3) is 0.533. The quantitative estimate of drug-likeness (QED) is 0.110. The number of hydrogen-bond acceptors (Lipinski definition) is 12. The first-order chi connectivity index (χ1) is 23.5. The molecule has 1 heterocycles. The van der Waals surface area contributed by atoms with Gasteiger partial charge in [-0.3, -0.25) is 33.6 Å². The van der Waals surface area contributed by atoms with E-state index >= 15 is 0 Å². The van der Waals surface area contributed by atoms with Gasteiger partial charge in [0.2, 0.25) is 41.4 Å². The first kappa shape index (κ1) is 41.6. The highest BCUT2D eigenvalue weighted by atomic mass is 33.1. The Kier molecular flexibility index (Phi) is 16.8. The zero-order valence-electron chi connectivity index (χ0n) is 27.5. The third-order valence-electron chi connectivity index (χ3n) is 7.67. The van der Waals surface area contributed by atoms with Crippen molar-refractivity contribution >= 4 is 68.9 Å². The zero-order valence-corrected chi connectivity index (χ0v) is 29.1. The summed E-state index contributed by atoms with van der Waals surface area (Å²) >= 11 is 0. The number of carboxylic acids is 1. The number of benzene rings is 1. The Hall–Kier alpha value is -4.56. The number of carbonyl (C=O) groups excluding carboxylic acids is 7. The molecular formula is C30H44N8O10S2. The van der Waals surface area contributed by atoms with Gasteiger partial charge >= 0.3 is 5.97 Å². The molecule has 7 unspecified atom stereocenters. The smallest absolute Gasteiger partial charge is 0.327 e. The fourth-order valence-corrected chi connectivity index (χ4v) is 6.85. The number of nitrogens with one attached hydrogen (secondary N) is 5. The van der Waals surface area contributed by atoms with Gasteiger partial charge in [0.25, 0.3) is 0 Å². The van der Waals surface area contributed by atoms with Gasteiger partial charge in [-0.2, -0.15) is 0 Å². The van der Waals surface area contributed by atoms with Crippen molar-refractivity contribution in [1.29, 1.82) is 0 Å². The minimum Gasteiger partial charge on any atom is -0.508 e. The van der Waals surface area contributed by atoms with Crippen LogP contribution in [0.2, 0.25) is 0 Å². The van der Waals surface area contributed by atoms with Gasteiger partial charge in [0.05, 0.1) is 12.5 Å². The Morgan fingerprint density at radius 3 is 1.94 bits per heavy atom. The molecule has 18 nitrogen and oxygen atoms in total. The van der Waals surface area contributed by atoms with E-state index in [0.29, 0.717) is 12.0 Å². The molecule has 0 bridgehead atoms. The van der Waals surface area contributed by atoms with Gasteiger partial charge in [0.15, 0.2) is 0 Å². The van der Waals surface area contributed by atoms with E-state index < -0.39 is 95.9 Å². The minimum atomic E-state index is -1.67. The summed E-state index contributed by atoms with van der Waals surface area (Å²) in [6, 6.07) is -2.50. The summed E-state index contributed by atoms with van der Waals surface area (Å²) < 4.78 is 0. The van der Waals surface area contributed by atoms with E-state index in [1.807, 2.05) is 0 Å². The highest BCUT2D eigenvalue weighted by Crippen LogP contribution is 2.23. The van der Waals surface area contributed by atoms with Crippen LogP contribution >= 0.6 is 21.6 Å². The van der Waals surface area contributed by atoms with Crippen LogP contribution in [0.3, 0.4) is 0 Å². The molecule has 20 heteroatoms. The fourth-order valence-electron chi connectivity index (χ4n) is 4.57. The number of primary amides is 2. The van der Waals surface area contributed by atoms with E-state index in [9.17, 15) is 48.6 Å². The van der Waals surface area contributed by atoms with Crippen LogP contribution in [0, 0.1) is 5.92 Å². The molecule has 13 N–H and O–H groups in total. The monoisotopic (exact) mass is 740 g/mol. The number of hydrogen-bond donors (Lipinski definition) is 10. The summed E-state index contributed by atoms with van der Waals surface area (Å²) in [5, 5.41) is 31.7. The van der Waals surface area contributed by atoms with E-state index in [1.54, 1.807) is 26.0 Å². The lowest BCUT2D eigenvalue weighted by atomic mass is 9.96. The molecule has 1 aliphatic heterocycles. The molecule has 1 fully saturated rings. The highest BCUT2D eigenvalue weighted by Gasteiger charge is 2.35. The first-order valence-electron chi connectivity index (χ1n) is 15.6. The largest absolute Gasteiger partial charge is 0.508 e. The van der Waals surface area contributed by atoms with Crippen LogP contribution in [0.4, 0.5) is 0 Å².